The maximum absolute atomic E-state index is 3.86. The van der Waals surface area contributed by atoms with E-state index in [1.54, 1.807) is 5.57 Å². The van der Waals surface area contributed by atoms with Crippen molar-refractivity contribution in [3.05, 3.63) is 59.2 Å². The third kappa shape index (κ3) is 1.13. The van der Waals surface area contributed by atoms with Crippen molar-refractivity contribution in [1.29, 1.82) is 0 Å². The first-order chi connectivity index (χ1) is 8.29. The van der Waals surface area contributed by atoms with Gasteiger partial charge in [0.25, 0.3) is 0 Å². The molecule has 0 radical (unpaired) electrons. The Kier molecular flexibility index (Phi) is 1.77. The quantitative estimate of drug-likeness (QED) is 0.713. The molecule has 17 heavy (non-hydrogen) atoms. The van der Waals surface area contributed by atoms with E-state index >= 15 is 0 Å². The van der Waals surface area contributed by atoms with Gasteiger partial charge in [0.1, 0.15) is 0 Å². The number of nitrogens with one attached hydrogen (secondary N) is 1. The Morgan fingerprint density at radius 3 is 3.12 bits per heavy atom. The lowest BCUT2D eigenvalue weighted by Crippen LogP contribution is -2.46. The van der Waals surface area contributed by atoms with Crippen LogP contribution in [0.3, 0.4) is 0 Å². The Balaban J connectivity index is 1.94. The van der Waals surface area contributed by atoms with E-state index < -0.39 is 0 Å². The molecule has 3 aliphatic rings. The fourth-order valence-corrected chi connectivity index (χ4v) is 3.98. The average Bonchev–Trinajstić information content (AvgIpc) is 2.61. The zero-order valence-electron chi connectivity index (χ0n) is 10.1. The van der Waals surface area contributed by atoms with Crippen molar-refractivity contribution >= 4 is 0 Å². The van der Waals surface area contributed by atoms with Crippen molar-refractivity contribution in [2.24, 2.45) is 5.92 Å². The van der Waals surface area contributed by atoms with Crippen LogP contribution in [0.1, 0.15) is 24.5 Å². The summed E-state index contributed by atoms with van der Waals surface area (Å²) in [6.45, 7) is 2.38. The van der Waals surface area contributed by atoms with Crippen molar-refractivity contribution in [2.45, 2.75) is 31.3 Å². The minimum Gasteiger partial charge on any atom is -0.300 e. The second-order valence-electron chi connectivity index (χ2n) is 5.64. The Morgan fingerprint density at radius 2 is 2.18 bits per heavy atom. The maximum atomic E-state index is 3.86. The van der Waals surface area contributed by atoms with Gasteiger partial charge in [0, 0.05) is 17.5 Å². The van der Waals surface area contributed by atoms with Gasteiger partial charge in [-0.15, -0.1) is 0 Å². The molecule has 0 spiro atoms. The number of hydrogen-bond donors (Lipinski definition) is 1. The highest BCUT2D eigenvalue weighted by atomic mass is 15.1. The molecule has 0 amide bonds. The molecular weight excluding hydrogens is 206 g/mol. The maximum Gasteiger partial charge on any atom is 0.0483 e. The van der Waals surface area contributed by atoms with Gasteiger partial charge in [0.05, 0.1) is 0 Å². The molecule has 3 atom stereocenters. The summed E-state index contributed by atoms with van der Waals surface area (Å²) in [5, 5.41) is 3.86. The zero-order valence-corrected chi connectivity index (χ0v) is 10.1. The average molecular weight is 223 g/mol. The predicted octanol–water partition coefficient (Wildman–Crippen LogP) is 2.93. The Hall–Kier alpha value is -1.34. The summed E-state index contributed by atoms with van der Waals surface area (Å²) in [6.07, 6.45) is 9.21. The van der Waals surface area contributed by atoms with Crippen LogP contribution < -0.4 is 5.32 Å². The van der Waals surface area contributed by atoms with E-state index in [1.165, 1.54) is 17.5 Å². The molecule has 1 fully saturated rings. The first-order valence-electron chi connectivity index (χ1n) is 6.52. The van der Waals surface area contributed by atoms with Gasteiger partial charge in [-0.2, -0.15) is 0 Å². The summed E-state index contributed by atoms with van der Waals surface area (Å²) in [4.78, 5) is 0. The van der Waals surface area contributed by atoms with E-state index in [0.717, 1.165) is 6.42 Å². The van der Waals surface area contributed by atoms with Gasteiger partial charge >= 0.3 is 0 Å². The number of allylic oxidation sites excluding steroid dienone is 3. The third-order valence-electron chi connectivity index (χ3n) is 4.77. The molecule has 0 unspecified atom stereocenters. The van der Waals surface area contributed by atoms with Crippen LogP contribution in [-0.2, 0) is 12.0 Å². The van der Waals surface area contributed by atoms with Crippen molar-refractivity contribution in [3.8, 4) is 0 Å². The van der Waals surface area contributed by atoms with E-state index in [2.05, 4.69) is 54.7 Å². The molecule has 86 valence electrons. The molecule has 2 aliphatic heterocycles. The first-order valence-corrected chi connectivity index (χ1v) is 6.52. The van der Waals surface area contributed by atoms with Crippen LogP contribution in [-0.4, -0.2) is 6.04 Å². The van der Waals surface area contributed by atoms with Crippen molar-refractivity contribution < 1.29 is 0 Å². The lowest BCUT2D eigenvalue weighted by atomic mass is 9.76. The fraction of sp³-hybridized carbons (Fsp3) is 0.375. The normalized spacial score (nSPS) is 37.4. The summed E-state index contributed by atoms with van der Waals surface area (Å²) >= 11 is 0. The second kappa shape index (κ2) is 3.11. The van der Waals surface area contributed by atoms with Gasteiger partial charge in [-0.25, -0.2) is 0 Å². The highest BCUT2D eigenvalue weighted by molar-refractivity contribution is 5.48. The number of fused-ring (bicyclic) bond motifs is 7. The van der Waals surface area contributed by atoms with Crippen LogP contribution >= 0.6 is 0 Å². The smallest absolute Gasteiger partial charge is 0.0483 e. The predicted molar refractivity (Wildman–Crippen MR) is 69.8 cm³/mol. The van der Waals surface area contributed by atoms with Gasteiger partial charge in [-0.1, -0.05) is 42.5 Å². The Morgan fingerprint density at radius 1 is 1.29 bits per heavy atom. The first kappa shape index (κ1) is 9.67. The van der Waals surface area contributed by atoms with Crippen LogP contribution in [0, 0.1) is 5.92 Å². The summed E-state index contributed by atoms with van der Waals surface area (Å²) in [5.74, 6) is 0.654. The molecule has 2 heterocycles. The zero-order chi connectivity index (χ0) is 11.5. The molecule has 0 aromatic heterocycles. The van der Waals surface area contributed by atoms with Crippen LogP contribution in [0.4, 0.5) is 0 Å². The number of hydrogen-bond acceptors (Lipinski definition) is 1. The fourth-order valence-electron chi connectivity index (χ4n) is 3.98. The number of rotatable bonds is 0. The van der Waals surface area contributed by atoms with E-state index in [9.17, 15) is 0 Å². The molecule has 0 saturated carbocycles. The van der Waals surface area contributed by atoms with Gasteiger partial charge in [0.2, 0.25) is 0 Å². The third-order valence-corrected chi connectivity index (χ3v) is 4.77. The molecule has 1 saturated heterocycles. The highest BCUT2D eigenvalue weighted by Crippen LogP contribution is 2.50. The van der Waals surface area contributed by atoms with Crippen LogP contribution in [0.15, 0.2) is 48.1 Å². The summed E-state index contributed by atoms with van der Waals surface area (Å²) < 4.78 is 0. The second-order valence-corrected chi connectivity index (χ2v) is 5.64. The van der Waals surface area contributed by atoms with Crippen LogP contribution in [0.25, 0.3) is 0 Å². The lowest BCUT2D eigenvalue weighted by molar-refractivity contribution is 0.306. The topological polar surface area (TPSA) is 12.0 Å². The summed E-state index contributed by atoms with van der Waals surface area (Å²) in [7, 11) is 0. The monoisotopic (exact) mass is 223 g/mol. The molecular formula is C16H17N. The van der Waals surface area contributed by atoms with Crippen molar-refractivity contribution in [3.63, 3.8) is 0 Å². The summed E-state index contributed by atoms with van der Waals surface area (Å²) in [5.41, 5.74) is 4.82. The molecule has 1 aromatic rings. The van der Waals surface area contributed by atoms with E-state index in [4.69, 9.17) is 0 Å². The van der Waals surface area contributed by atoms with Gasteiger partial charge < -0.3 is 5.32 Å². The largest absolute Gasteiger partial charge is 0.300 e. The van der Waals surface area contributed by atoms with Crippen molar-refractivity contribution in [2.75, 3.05) is 0 Å². The molecule has 1 aliphatic carbocycles. The molecule has 1 heteroatoms. The highest BCUT2D eigenvalue weighted by Gasteiger charge is 2.51. The SMILES string of the molecule is C[C@]12N[C@H](Cc3ccccc31)C1=CC=CC[C@@H]12. The minimum atomic E-state index is 0.149. The van der Waals surface area contributed by atoms with Gasteiger partial charge in [-0.3, -0.25) is 0 Å². The minimum absolute atomic E-state index is 0.149. The molecule has 2 bridgehead atoms. The Bertz CT molecular complexity index is 540. The van der Waals surface area contributed by atoms with Crippen LogP contribution in [0.2, 0.25) is 0 Å². The van der Waals surface area contributed by atoms with Gasteiger partial charge in [0.15, 0.2) is 0 Å². The van der Waals surface area contributed by atoms with Crippen molar-refractivity contribution in [1.82, 2.24) is 5.32 Å². The molecule has 1 N–H and O–H groups in total. The van der Waals surface area contributed by atoms with Crippen LogP contribution in [0.5, 0.6) is 0 Å². The Labute approximate surface area is 102 Å². The molecule has 1 aromatic carbocycles. The lowest BCUT2D eigenvalue weighted by Gasteiger charge is -2.36. The van der Waals surface area contributed by atoms with E-state index in [1.807, 2.05) is 0 Å². The molecule has 1 nitrogen and oxygen atoms in total. The van der Waals surface area contributed by atoms with E-state index in [0.29, 0.717) is 12.0 Å². The van der Waals surface area contributed by atoms with Gasteiger partial charge in [-0.05, 0) is 36.5 Å². The standard InChI is InChI=1S/C16H17N/c1-16-13-8-4-2-6-11(13)10-15(17-16)12-7-3-5-9-14(12)16/h2-8,14-15,17H,9-10H2,1H3/t14-,15+,16-/m0/s1. The summed E-state index contributed by atoms with van der Waals surface area (Å²) in [6, 6.07) is 9.51. The molecule has 4 rings (SSSR count). The number of benzene rings is 1. The van der Waals surface area contributed by atoms with E-state index in [-0.39, 0.29) is 5.54 Å².